The van der Waals surface area contributed by atoms with Crippen molar-refractivity contribution in [1.29, 1.82) is 0 Å². The van der Waals surface area contributed by atoms with Gasteiger partial charge in [-0.2, -0.15) is 0 Å². The molecule has 0 saturated carbocycles. The summed E-state index contributed by atoms with van der Waals surface area (Å²) in [4.78, 5) is 42.2. The zero-order valence-electron chi connectivity index (χ0n) is 12.0. The van der Waals surface area contributed by atoms with Crippen LogP contribution in [-0.2, 0) is 15.1 Å². The van der Waals surface area contributed by atoms with E-state index in [-0.39, 0.29) is 6.42 Å². The Kier molecular flexibility index (Phi) is 7.09. The van der Waals surface area contributed by atoms with Crippen LogP contribution < -0.4 is 0 Å². The number of carboxylic acid groups (broad SMARTS) is 1. The smallest absolute Gasteiger partial charge is 0.344 e. The third-order valence-electron chi connectivity index (χ3n) is 2.82. The van der Waals surface area contributed by atoms with Crippen LogP contribution in [0.2, 0.25) is 0 Å². The number of carbonyl (C=O) groups excluding carboxylic acids is 1. The second kappa shape index (κ2) is 8.33. The molecule has 0 radical (unpaired) electrons. The van der Waals surface area contributed by atoms with Crippen molar-refractivity contribution in [3.63, 3.8) is 0 Å². The summed E-state index contributed by atoms with van der Waals surface area (Å²) in [5.41, 5.74) is 0.861. The molecule has 0 aliphatic heterocycles. The number of carbonyl (C=O) groups is 2. The topological polar surface area (TPSA) is 115 Å². The predicted octanol–water partition coefficient (Wildman–Crippen LogP) is 2.34. The summed E-state index contributed by atoms with van der Waals surface area (Å²) >= 11 is 0.820. The molecule has 0 aromatic heterocycles. The highest BCUT2D eigenvalue weighted by Gasteiger charge is 2.33. The first-order chi connectivity index (χ1) is 10.2. The van der Waals surface area contributed by atoms with Crippen molar-refractivity contribution in [2.24, 2.45) is 0 Å². The fraction of sp³-hybridized carbons (Fsp3) is 0.385. The van der Waals surface area contributed by atoms with Gasteiger partial charge in [0.15, 0.2) is 0 Å². The average molecular weight is 347 g/mol. The third-order valence-corrected chi connectivity index (χ3v) is 4.46. The van der Waals surface area contributed by atoms with Gasteiger partial charge in [-0.15, -0.1) is 0 Å². The van der Waals surface area contributed by atoms with Crippen molar-refractivity contribution in [2.75, 3.05) is 6.29 Å². The fourth-order valence-electron chi connectivity index (χ4n) is 1.81. The number of carboxylic acids is 1. The average Bonchev–Trinajstić information content (AvgIpc) is 2.44. The molecule has 1 amide bonds. The summed E-state index contributed by atoms with van der Waals surface area (Å²) in [7, 11) is -4.55. The molecule has 1 atom stereocenters. The molecule has 22 heavy (non-hydrogen) atoms. The Labute approximate surface area is 132 Å². The van der Waals surface area contributed by atoms with Crippen LogP contribution >= 0.6 is 19.4 Å². The summed E-state index contributed by atoms with van der Waals surface area (Å²) < 4.78 is 11.2. The van der Waals surface area contributed by atoms with E-state index < -0.39 is 31.1 Å². The first-order valence-electron chi connectivity index (χ1n) is 6.49. The first kappa shape index (κ1) is 18.7. The third kappa shape index (κ3) is 6.19. The number of amides is 1. The maximum atomic E-state index is 12.2. The SMILES string of the molecule is CCC(C(=O)O)N(CP(=O)(O)O)C(=O)SCc1ccccc1. The molecule has 0 bridgehead atoms. The lowest BCUT2D eigenvalue weighted by molar-refractivity contribution is -0.141. The highest BCUT2D eigenvalue weighted by Crippen LogP contribution is 2.37. The van der Waals surface area contributed by atoms with Gasteiger partial charge in [-0.1, -0.05) is 49.0 Å². The molecule has 1 aromatic carbocycles. The molecule has 122 valence electrons. The summed E-state index contributed by atoms with van der Waals surface area (Å²) in [5.74, 6) is -0.988. The highest BCUT2D eigenvalue weighted by atomic mass is 32.2. The van der Waals surface area contributed by atoms with E-state index in [1.54, 1.807) is 19.1 Å². The lowest BCUT2D eigenvalue weighted by Crippen LogP contribution is -2.43. The maximum absolute atomic E-state index is 12.2. The highest BCUT2D eigenvalue weighted by molar-refractivity contribution is 8.12. The van der Waals surface area contributed by atoms with Crippen LogP contribution in [0.3, 0.4) is 0 Å². The standard InChI is InChI=1S/C13H18NO6PS/c1-2-11(12(15)16)14(9-21(18,19)20)13(17)22-8-10-6-4-3-5-7-10/h3-7,11H,2,8-9H2,1H3,(H,15,16)(H2,18,19,20). The summed E-state index contributed by atoms with van der Waals surface area (Å²) in [6.45, 7) is 1.54. The van der Waals surface area contributed by atoms with Crippen molar-refractivity contribution in [2.45, 2.75) is 25.1 Å². The van der Waals surface area contributed by atoms with Crippen LogP contribution in [0.4, 0.5) is 4.79 Å². The fourth-order valence-corrected chi connectivity index (χ4v) is 3.47. The monoisotopic (exact) mass is 347 g/mol. The number of nitrogens with zero attached hydrogens (tertiary/aromatic N) is 1. The predicted molar refractivity (Wildman–Crippen MR) is 83.6 cm³/mol. The number of aliphatic carboxylic acids is 1. The van der Waals surface area contributed by atoms with Gasteiger partial charge >= 0.3 is 13.6 Å². The van der Waals surface area contributed by atoms with E-state index in [1.807, 2.05) is 18.2 Å². The van der Waals surface area contributed by atoms with Gasteiger partial charge in [0.25, 0.3) is 5.24 Å². The Morgan fingerprint density at radius 2 is 1.86 bits per heavy atom. The molecule has 1 rings (SSSR count). The van der Waals surface area contributed by atoms with Crippen LogP contribution in [-0.4, -0.2) is 43.3 Å². The molecule has 0 spiro atoms. The minimum atomic E-state index is -4.55. The normalized spacial score (nSPS) is 12.7. The van der Waals surface area contributed by atoms with Gasteiger partial charge in [0.1, 0.15) is 12.3 Å². The first-order valence-corrected chi connectivity index (χ1v) is 9.27. The van der Waals surface area contributed by atoms with Gasteiger partial charge in [0.05, 0.1) is 0 Å². The molecule has 9 heteroatoms. The Balaban J connectivity index is 2.83. The maximum Gasteiger partial charge on any atom is 0.344 e. The van der Waals surface area contributed by atoms with Gasteiger partial charge in [-0.3, -0.25) is 9.36 Å². The molecule has 0 saturated heterocycles. The molecule has 0 heterocycles. The van der Waals surface area contributed by atoms with Crippen molar-refractivity contribution in [3.8, 4) is 0 Å². The molecule has 7 nitrogen and oxygen atoms in total. The van der Waals surface area contributed by atoms with Crippen LogP contribution in [0.25, 0.3) is 0 Å². The Morgan fingerprint density at radius 1 is 1.27 bits per heavy atom. The summed E-state index contributed by atoms with van der Waals surface area (Å²) in [5, 5.41) is 8.45. The second-order valence-electron chi connectivity index (χ2n) is 4.58. The van der Waals surface area contributed by atoms with Crippen molar-refractivity contribution >= 4 is 30.6 Å². The van der Waals surface area contributed by atoms with Crippen molar-refractivity contribution in [3.05, 3.63) is 35.9 Å². The number of thioether (sulfide) groups is 1. The van der Waals surface area contributed by atoms with Crippen LogP contribution in [0.15, 0.2) is 30.3 Å². The lowest BCUT2D eigenvalue weighted by atomic mass is 10.2. The Morgan fingerprint density at radius 3 is 2.32 bits per heavy atom. The Hall–Kier alpha value is -1.34. The number of hydrogen-bond donors (Lipinski definition) is 3. The van der Waals surface area contributed by atoms with E-state index >= 15 is 0 Å². The Bertz CT molecular complexity index is 561. The van der Waals surface area contributed by atoms with Gasteiger partial charge in [-0.25, -0.2) is 4.79 Å². The number of hydrogen-bond acceptors (Lipinski definition) is 4. The molecule has 3 N–H and O–H groups in total. The van der Waals surface area contributed by atoms with Crippen LogP contribution in [0.1, 0.15) is 18.9 Å². The quantitative estimate of drug-likeness (QED) is 0.648. The number of benzene rings is 1. The van der Waals surface area contributed by atoms with E-state index in [9.17, 15) is 14.2 Å². The van der Waals surface area contributed by atoms with E-state index in [4.69, 9.17) is 14.9 Å². The molecule has 1 aromatic rings. The van der Waals surface area contributed by atoms with Gasteiger partial charge in [0.2, 0.25) is 0 Å². The molecule has 0 aliphatic carbocycles. The molecule has 0 aliphatic rings. The van der Waals surface area contributed by atoms with Gasteiger partial charge < -0.3 is 19.8 Å². The van der Waals surface area contributed by atoms with Gasteiger partial charge in [0, 0.05) is 5.75 Å². The molecule has 0 fully saturated rings. The van der Waals surface area contributed by atoms with Gasteiger partial charge in [-0.05, 0) is 12.0 Å². The zero-order valence-corrected chi connectivity index (χ0v) is 13.7. The van der Waals surface area contributed by atoms with Crippen molar-refractivity contribution < 1.29 is 29.0 Å². The number of rotatable bonds is 7. The van der Waals surface area contributed by atoms with E-state index in [0.717, 1.165) is 22.2 Å². The van der Waals surface area contributed by atoms with Crippen molar-refractivity contribution in [1.82, 2.24) is 4.90 Å². The largest absolute Gasteiger partial charge is 0.480 e. The second-order valence-corrected chi connectivity index (χ2v) is 7.12. The molecular formula is C13H18NO6PS. The summed E-state index contributed by atoms with van der Waals surface area (Å²) in [6, 6.07) is 7.79. The zero-order chi connectivity index (χ0) is 16.8. The van der Waals surface area contributed by atoms with E-state index in [1.165, 1.54) is 0 Å². The van der Waals surface area contributed by atoms with Crippen LogP contribution in [0.5, 0.6) is 0 Å². The molecular weight excluding hydrogens is 329 g/mol. The minimum Gasteiger partial charge on any atom is -0.480 e. The van der Waals surface area contributed by atoms with Crippen LogP contribution in [0, 0.1) is 0 Å². The van der Waals surface area contributed by atoms with E-state index in [0.29, 0.717) is 5.75 Å². The lowest BCUT2D eigenvalue weighted by Gasteiger charge is -2.27. The van der Waals surface area contributed by atoms with E-state index in [2.05, 4.69) is 0 Å². The summed E-state index contributed by atoms with van der Waals surface area (Å²) in [6.07, 6.45) is -0.842. The minimum absolute atomic E-state index is 0.0625. The molecule has 1 unspecified atom stereocenters.